The first kappa shape index (κ1) is 16.3. The van der Waals surface area contributed by atoms with E-state index in [1.165, 1.54) is 11.1 Å². The number of hydrogen-bond acceptors (Lipinski definition) is 3. The first-order chi connectivity index (χ1) is 12.7. The van der Waals surface area contributed by atoms with E-state index in [-0.39, 0.29) is 5.56 Å². The van der Waals surface area contributed by atoms with Gasteiger partial charge in [0.15, 0.2) is 0 Å². The molecule has 5 nitrogen and oxygen atoms in total. The second kappa shape index (κ2) is 6.96. The Labute approximate surface area is 151 Å². The number of imidazole rings is 1. The van der Waals surface area contributed by atoms with E-state index in [2.05, 4.69) is 36.2 Å². The van der Waals surface area contributed by atoms with Crippen molar-refractivity contribution in [1.82, 2.24) is 18.9 Å². The van der Waals surface area contributed by atoms with Crippen LogP contribution in [0.15, 0.2) is 72.0 Å². The number of nitrogens with zero attached hydrogens (tertiary/aromatic N) is 4. The van der Waals surface area contributed by atoms with Crippen LogP contribution < -0.4 is 5.56 Å². The summed E-state index contributed by atoms with van der Waals surface area (Å²) >= 11 is 0. The smallest absolute Gasteiger partial charge is 0.259 e. The van der Waals surface area contributed by atoms with Crippen molar-refractivity contribution in [1.29, 1.82) is 0 Å². The minimum atomic E-state index is -0.0699. The van der Waals surface area contributed by atoms with E-state index in [4.69, 9.17) is 4.98 Å². The molecule has 0 N–H and O–H groups in total. The van der Waals surface area contributed by atoms with Crippen LogP contribution in [0.5, 0.6) is 0 Å². The third-order valence-corrected chi connectivity index (χ3v) is 4.67. The maximum Gasteiger partial charge on any atom is 0.259 e. The van der Waals surface area contributed by atoms with Crippen molar-refractivity contribution < 1.29 is 0 Å². The van der Waals surface area contributed by atoms with Crippen LogP contribution in [0.3, 0.4) is 0 Å². The number of aryl methyl sites for hydroxylation is 3. The Morgan fingerprint density at radius 1 is 1.04 bits per heavy atom. The molecule has 130 valence electrons. The van der Waals surface area contributed by atoms with Gasteiger partial charge in [0.1, 0.15) is 0 Å². The van der Waals surface area contributed by atoms with E-state index in [9.17, 15) is 4.79 Å². The number of benzene rings is 1. The Morgan fingerprint density at radius 3 is 2.65 bits per heavy atom. The molecule has 0 radical (unpaired) electrons. The average Bonchev–Trinajstić information content (AvgIpc) is 3.08. The molecule has 0 amide bonds. The van der Waals surface area contributed by atoms with Crippen molar-refractivity contribution in [3.05, 3.63) is 88.7 Å². The summed E-state index contributed by atoms with van der Waals surface area (Å²) in [7, 11) is 0. The predicted octanol–water partition coefficient (Wildman–Crippen LogP) is 3.50. The monoisotopic (exact) mass is 344 g/mol. The second-order valence-electron chi connectivity index (χ2n) is 6.41. The molecule has 3 heterocycles. The van der Waals surface area contributed by atoms with Gasteiger partial charge < -0.3 is 4.57 Å². The van der Waals surface area contributed by atoms with Crippen LogP contribution in [0.4, 0.5) is 0 Å². The van der Waals surface area contributed by atoms with Crippen molar-refractivity contribution in [2.75, 3.05) is 0 Å². The fraction of sp³-hybridized carbons (Fsp3) is 0.190. The minimum Gasteiger partial charge on any atom is -0.317 e. The minimum absolute atomic E-state index is 0.0699. The summed E-state index contributed by atoms with van der Waals surface area (Å²) in [6.07, 6.45) is 9.13. The fourth-order valence-corrected chi connectivity index (χ4v) is 3.21. The molecule has 0 aliphatic heterocycles. The maximum absolute atomic E-state index is 12.4. The highest BCUT2D eigenvalue weighted by Crippen LogP contribution is 2.16. The van der Waals surface area contributed by atoms with E-state index in [1.54, 1.807) is 29.1 Å². The van der Waals surface area contributed by atoms with Gasteiger partial charge in [-0.2, -0.15) is 0 Å². The molecular weight excluding hydrogens is 324 g/mol. The summed E-state index contributed by atoms with van der Waals surface area (Å²) in [6.45, 7) is 2.96. The lowest BCUT2D eigenvalue weighted by Crippen LogP contribution is -2.14. The summed E-state index contributed by atoms with van der Waals surface area (Å²) in [5.41, 5.74) is 4.19. The van der Waals surface area contributed by atoms with E-state index in [0.29, 0.717) is 11.5 Å². The lowest BCUT2D eigenvalue weighted by molar-refractivity contribution is 0.651. The molecule has 5 heteroatoms. The van der Waals surface area contributed by atoms with Gasteiger partial charge in [0.2, 0.25) is 5.78 Å². The fourth-order valence-electron chi connectivity index (χ4n) is 3.21. The van der Waals surface area contributed by atoms with E-state index < -0.39 is 0 Å². The normalized spacial score (nSPS) is 11.1. The molecule has 4 rings (SSSR count). The van der Waals surface area contributed by atoms with E-state index in [0.717, 1.165) is 24.9 Å². The van der Waals surface area contributed by atoms with Crippen molar-refractivity contribution in [3.8, 4) is 11.3 Å². The number of fused-ring (bicyclic) bond motifs is 1. The zero-order valence-electron chi connectivity index (χ0n) is 14.7. The van der Waals surface area contributed by atoms with Gasteiger partial charge in [0.05, 0.1) is 5.69 Å². The number of rotatable bonds is 5. The van der Waals surface area contributed by atoms with Crippen LogP contribution in [0.2, 0.25) is 0 Å². The Kier molecular flexibility index (Phi) is 4.35. The molecular formula is C21H20N4O. The lowest BCUT2D eigenvalue weighted by atomic mass is 10.0. The summed E-state index contributed by atoms with van der Waals surface area (Å²) in [5, 5.41) is 0. The highest BCUT2D eigenvalue weighted by atomic mass is 16.1. The van der Waals surface area contributed by atoms with Crippen molar-refractivity contribution in [2.24, 2.45) is 0 Å². The molecule has 0 saturated carbocycles. The molecule has 0 spiro atoms. The molecule has 0 bridgehead atoms. The molecule has 3 aromatic heterocycles. The van der Waals surface area contributed by atoms with E-state index >= 15 is 0 Å². The predicted molar refractivity (Wildman–Crippen MR) is 102 cm³/mol. The topological polar surface area (TPSA) is 52.2 Å². The van der Waals surface area contributed by atoms with Crippen LogP contribution in [0.25, 0.3) is 17.0 Å². The molecule has 26 heavy (non-hydrogen) atoms. The molecule has 0 saturated heterocycles. The van der Waals surface area contributed by atoms with Gasteiger partial charge in [-0.25, -0.2) is 4.98 Å². The Morgan fingerprint density at radius 2 is 1.85 bits per heavy atom. The van der Waals surface area contributed by atoms with Gasteiger partial charge in [-0.1, -0.05) is 24.3 Å². The zero-order valence-corrected chi connectivity index (χ0v) is 14.7. The summed E-state index contributed by atoms with van der Waals surface area (Å²) in [4.78, 5) is 21.2. The van der Waals surface area contributed by atoms with Crippen molar-refractivity contribution >= 4 is 5.78 Å². The van der Waals surface area contributed by atoms with Crippen LogP contribution >= 0.6 is 0 Å². The largest absolute Gasteiger partial charge is 0.317 e. The third kappa shape index (κ3) is 3.16. The molecule has 0 aliphatic rings. The molecule has 0 aliphatic carbocycles. The van der Waals surface area contributed by atoms with Gasteiger partial charge in [0, 0.05) is 43.0 Å². The Bertz CT molecular complexity index is 1100. The van der Waals surface area contributed by atoms with Gasteiger partial charge in [-0.3, -0.25) is 14.2 Å². The first-order valence-electron chi connectivity index (χ1n) is 8.76. The summed E-state index contributed by atoms with van der Waals surface area (Å²) in [6, 6.07) is 13.8. The summed E-state index contributed by atoms with van der Waals surface area (Å²) in [5.74, 6) is 0.675. The zero-order chi connectivity index (χ0) is 17.9. The van der Waals surface area contributed by atoms with Crippen LogP contribution in [0.1, 0.15) is 17.5 Å². The van der Waals surface area contributed by atoms with Crippen molar-refractivity contribution in [3.63, 3.8) is 0 Å². The van der Waals surface area contributed by atoms with Gasteiger partial charge >= 0.3 is 0 Å². The lowest BCUT2D eigenvalue weighted by Gasteiger charge is -2.08. The Hall–Kier alpha value is -3.21. The number of aromatic nitrogens is 4. The molecule has 0 atom stereocenters. The molecule has 0 fully saturated rings. The number of pyridine rings is 1. The third-order valence-electron chi connectivity index (χ3n) is 4.67. The van der Waals surface area contributed by atoms with Crippen LogP contribution in [-0.4, -0.2) is 18.9 Å². The van der Waals surface area contributed by atoms with Gasteiger partial charge in [-0.15, -0.1) is 0 Å². The Balaban J connectivity index is 1.61. The second-order valence-corrected chi connectivity index (χ2v) is 6.41. The highest BCUT2D eigenvalue weighted by molar-refractivity contribution is 5.59. The van der Waals surface area contributed by atoms with Gasteiger partial charge in [0.25, 0.3) is 5.56 Å². The average molecular weight is 344 g/mol. The first-order valence-corrected chi connectivity index (χ1v) is 8.76. The molecule has 4 aromatic rings. The van der Waals surface area contributed by atoms with Gasteiger partial charge in [-0.05, 0) is 43.0 Å². The highest BCUT2D eigenvalue weighted by Gasteiger charge is 2.09. The van der Waals surface area contributed by atoms with E-state index in [1.807, 2.05) is 22.9 Å². The molecule has 1 aromatic carbocycles. The van der Waals surface area contributed by atoms with Crippen LogP contribution in [0, 0.1) is 6.92 Å². The number of hydrogen-bond donors (Lipinski definition) is 0. The standard InChI is InChI=1S/C21H20N4O/c1-16-5-2-3-6-17(16)7-4-12-24-13-14-25-20(26)15-19(23-21(24)25)18-8-10-22-11-9-18/h2-3,5-6,8-11,13-15H,4,7,12H2,1H3. The van der Waals surface area contributed by atoms with Crippen molar-refractivity contribution in [2.45, 2.75) is 26.3 Å². The maximum atomic E-state index is 12.4. The SMILES string of the molecule is Cc1ccccc1CCCn1ccn2c(=O)cc(-c3ccncc3)nc12. The van der Waals surface area contributed by atoms with Crippen LogP contribution in [-0.2, 0) is 13.0 Å². The summed E-state index contributed by atoms with van der Waals surface area (Å²) < 4.78 is 3.64. The quantitative estimate of drug-likeness (QED) is 0.557. The molecule has 0 unspecified atom stereocenters.